The molecule has 1 aromatic carbocycles. The minimum atomic E-state index is -0.654. The first-order valence-corrected chi connectivity index (χ1v) is 5.25. The lowest BCUT2D eigenvalue weighted by atomic mass is 10.3. The first-order chi connectivity index (χ1) is 8.58. The fraction of sp³-hybridized carbons (Fsp3) is 0.167. The number of ether oxygens (including phenoxy) is 1. The fourth-order valence-corrected chi connectivity index (χ4v) is 1.39. The zero-order valence-electron chi connectivity index (χ0n) is 9.87. The molecule has 0 fully saturated rings. The summed E-state index contributed by atoms with van der Waals surface area (Å²) in [5.41, 5.74) is 0. The Labute approximate surface area is 103 Å². The van der Waals surface area contributed by atoms with Crippen LogP contribution >= 0.6 is 0 Å². The molecule has 2 rings (SSSR count). The van der Waals surface area contributed by atoms with E-state index in [0.29, 0.717) is 11.6 Å². The molecule has 0 aliphatic carbocycles. The number of rotatable bonds is 3. The molecular weight excluding hydrogens is 240 g/mol. The molecule has 0 saturated carbocycles. The van der Waals surface area contributed by atoms with E-state index in [2.05, 4.69) is 15.3 Å². The summed E-state index contributed by atoms with van der Waals surface area (Å²) in [7, 11) is 1.69. The van der Waals surface area contributed by atoms with E-state index in [0.717, 1.165) is 18.2 Å². The van der Waals surface area contributed by atoms with Gasteiger partial charge in [0.2, 0.25) is 5.88 Å². The molecule has 0 aliphatic heterocycles. The van der Waals surface area contributed by atoms with Gasteiger partial charge < -0.3 is 10.1 Å². The standard InChI is InChI=1S/C12H11F2N3O/c1-7-16-11(15-2)6-12(17-7)18-10-5-8(13)3-4-9(10)14/h3-6H,1-2H3,(H,15,16,17). The van der Waals surface area contributed by atoms with Crippen molar-refractivity contribution in [1.29, 1.82) is 0 Å². The molecule has 0 amide bonds. The summed E-state index contributed by atoms with van der Waals surface area (Å²) >= 11 is 0. The third-order valence-electron chi connectivity index (χ3n) is 2.18. The van der Waals surface area contributed by atoms with Gasteiger partial charge in [-0.1, -0.05) is 0 Å². The molecule has 94 valence electrons. The molecule has 1 N–H and O–H groups in total. The molecule has 0 radical (unpaired) electrons. The van der Waals surface area contributed by atoms with Crippen molar-refractivity contribution in [2.45, 2.75) is 6.92 Å². The molecule has 0 bridgehead atoms. The Hall–Kier alpha value is -2.24. The normalized spacial score (nSPS) is 10.2. The quantitative estimate of drug-likeness (QED) is 0.911. The predicted octanol–water partition coefficient (Wildman–Crippen LogP) is 2.90. The smallest absolute Gasteiger partial charge is 0.224 e. The maximum Gasteiger partial charge on any atom is 0.224 e. The number of benzene rings is 1. The average Bonchev–Trinajstić information content (AvgIpc) is 2.33. The molecule has 0 spiro atoms. The van der Waals surface area contributed by atoms with E-state index in [9.17, 15) is 8.78 Å². The number of aromatic nitrogens is 2. The number of hydrogen-bond acceptors (Lipinski definition) is 4. The lowest BCUT2D eigenvalue weighted by molar-refractivity contribution is 0.420. The zero-order chi connectivity index (χ0) is 13.1. The summed E-state index contributed by atoms with van der Waals surface area (Å²) in [6.07, 6.45) is 0. The monoisotopic (exact) mass is 251 g/mol. The Morgan fingerprint density at radius 2 is 1.94 bits per heavy atom. The van der Waals surface area contributed by atoms with Crippen LogP contribution < -0.4 is 10.1 Å². The Balaban J connectivity index is 2.33. The van der Waals surface area contributed by atoms with Crippen molar-refractivity contribution < 1.29 is 13.5 Å². The Morgan fingerprint density at radius 3 is 2.67 bits per heavy atom. The largest absolute Gasteiger partial charge is 0.436 e. The van der Waals surface area contributed by atoms with Crippen molar-refractivity contribution in [3.05, 3.63) is 41.7 Å². The van der Waals surface area contributed by atoms with Gasteiger partial charge in [-0.2, -0.15) is 4.98 Å². The highest BCUT2D eigenvalue weighted by Crippen LogP contribution is 2.25. The number of aryl methyl sites for hydroxylation is 1. The maximum absolute atomic E-state index is 13.4. The number of halogens is 2. The Bertz CT molecular complexity index is 575. The summed E-state index contributed by atoms with van der Waals surface area (Å²) in [5.74, 6) is -0.292. The van der Waals surface area contributed by atoms with Crippen LogP contribution in [0.5, 0.6) is 11.6 Å². The van der Waals surface area contributed by atoms with E-state index >= 15 is 0 Å². The molecule has 2 aromatic rings. The van der Waals surface area contributed by atoms with Gasteiger partial charge >= 0.3 is 0 Å². The van der Waals surface area contributed by atoms with Gasteiger partial charge in [-0.3, -0.25) is 0 Å². The molecule has 0 saturated heterocycles. The second-order valence-electron chi connectivity index (χ2n) is 3.57. The van der Waals surface area contributed by atoms with E-state index in [1.165, 1.54) is 6.07 Å². The third-order valence-corrected chi connectivity index (χ3v) is 2.18. The van der Waals surface area contributed by atoms with E-state index in [-0.39, 0.29) is 11.6 Å². The molecule has 4 nitrogen and oxygen atoms in total. The van der Waals surface area contributed by atoms with Crippen molar-refractivity contribution in [1.82, 2.24) is 9.97 Å². The Kier molecular flexibility index (Phi) is 3.36. The molecule has 0 aliphatic rings. The van der Waals surface area contributed by atoms with Gasteiger partial charge in [0.25, 0.3) is 0 Å². The van der Waals surface area contributed by atoms with Gasteiger partial charge in [0.05, 0.1) is 0 Å². The molecule has 18 heavy (non-hydrogen) atoms. The number of nitrogens with one attached hydrogen (secondary N) is 1. The second kappa shape index (κ2) is 4.95. The first kappa shape index (κ1) is 12.2. The topological polar surface area (TPSA) is 47.0 Å². The lowest BCUT2D eigenvalue weighted by Gasteiger charge is -2.08. The molecule has 0 unspecified atom stereocenters. The van der Waals surface area contributed by atoms with Gasteiger partial charge in [-0.15, -0.1) is 0 Å². The van der Waals surface area contributed by atoms with Crippen molar-refractivity contribution in [3.63, 3.8) is 0 Å². The van der Waals surface area contributed by atoms with Crippen LogP contribution in [0, 0.1) is 18.6 Å². The summed E-state index contributed by atoms with van der Waals surface area (Å²) in [6.45, 7) is 1.68. The minimum absolute atomic E-state index is 0.149. The van der Waals surface area contributed by atoms with Crippen LogP contribution in [0.15, 0.2) is 24.3 Å². The van der Waals surface area contributed by atoms with Crippen molar-refractivity contribution in [2.24, 2.45) is 0 Å². The van der Waals surface area contributed by atoms with E-state index in [1.54, 1.807) is 14.0 Å². The molecular formula is C12H11F2N3O. The van der Waals surface area contributed by atoms with Crippen molar-refractivity contribution in [3.8, 4) is 11.6 Å². The minimum Gasteiger partial charge on any atom is -0.436 e. The summed E-state index contributed by atoms with van der Waals surface area (Å²) in [4.78, 5) is 8.05. The molecule has 6 heteroatoms. The molecule has 1 heterocycles. The first-order valence-electron chi connectivity index (χ1n) is 5.25. The van der Waals surface area contributed by atoms with Crippen LogP contribution in [0.3, 0.4) is 0 Å². The van der Waals surface area contributed by atoms with E-state index in [1.807, 2.05) is 0 Å². The van der Waals surface area contributed by atoms with Crippen molar-refractivity contribution in [2.75, 3.05) is 12.4 Å². The van der Waals surface area contributed by atoms with Crippen LogP contribution in [0.25, 0.3) is 0 Å². The van der Waals surface area contributed by atoms with Crippen LogP contribution in [0.1, 0.15) is 5.82 Å². The van der Waals surface area contributed by atoms with Crippen LogP contribution in [0.4, 0.5) is 14.6 Å². The summed E-state index contributed by atoms with van der Waals surface area (Å²) in [5, 5.41) is 2.82. The van der Waals surface area contributed by atoms with Gasteiger partial charge in [0.1, 0.15) is 17.5 Å². The average molecular weight is 251 g/mol. The number of anilines is 1. The fourth-order valence-electron chi connectivity index (χ4n) is 1.39. The SMILES string of the molecule is CNc1cc(Oc2cc(F)ccc2F)nc(C)n1. The highest BCUT2D eigenvalue weighted by molar-refractivity contribution is 5.39. The second-order valence-corrected chi connectivity index (χ2v) is 3.57. The van der Waals surface area contributed by atoms with E-state index in [4.69, 9.17) is 4.74 Å². The van der Waals surface area contributed by atoms with Crippen molar-refractivity contribution >= 4 is 5.82 Å². The van der Waals surface area contributed by atoms with Gasteiger partial charge in [0, 0.05) is 19.2 Å². The predicted molar refractivity (Wildman–Crippen MR) is 62.7 cm³/mol. The third kappa shape index (κ3) is 2.71. The van der Waals surface area contributed by atoms with Gasteiger partial charge in [0.15, 0.2) is 11.6 Å². The zero-order valence-corrected chi connectivity index (χ0v) is 9.87. The van der Waals surface area contributed by atoms with E-state index < -0.39 is 11.6 Å². The number of hydrogen-bond donors (Lipinski definition) is 1. The van der Waals surface area contributed by atoms with Gasteiger partial charge in [-0.25, -0.2) is 13.8 Å². The molecule has 0 atom stereocenters. The number of nitrogens with zero attached hydrogens (tertiary/aromatic N) is 2. The Morgan fingerprint density at radius 1 is 1.17 bits per heavy atom. The lowest BCUT2D eigenvalue weighted by Crippen LogP contribution is -1.99. The van der Waals surface area contributed by atoms with Crippen LogP contribution in [-0.2, 0) is 0 Å². The van der Waals surface area contributed by atoms with Crippen LogP contribution in [-0.4, -0.2) is 17.0 Å². The summed E-state index contributed by atoms with van der Waals surface area (Å²) < 4.78 is 31.6. The van der Waals surface area contributed by atoms with Gasteiger partial charge in [-0.05, 0) is 19.1 Å². The highest BCUT2D eigenvalue weighted by atomic mass is 19.1. The summed E-state index contributed by atoms with van der Waals surface area (Å²) in [6, 6.07) is 4.48. The molecule has 1 aromatic heterocycles. The highest BCUT2D eigenvalue weighted by Gasteiger charge is 2.08. The maximum atomic E-state index is 13.4. The van der Waals surface area contributed by atoms with Crippen LogP contribution in [0.2, 0.25) is 0 Å².